The quantitative estimate of drug-likeness (QED) is 0.668. The van der Waals surface area contributed by atoms with Gasteiger partial charge >= 0.3 is 0 Å². The van der Waals surface area contributed by atoms with Crippen molar-refractivity contribution in [2.24, 2.45) is 0 Å². The smallest absolute Gasteiger partial charge is 0.240 e. The third-order valence-corrected chi connectivity index (χ3v) is 5.25. The summed E-state index contributed by atoms with van der Waals surface area (Å²) >= 11 is 0. The Morgan fingerprint density at radius 3 is 2.48 bits per heavy atom. The predicted molar refractivity (Wildman–Crippen MR) is 108 cm³/mol. The van der Waals surface area contributed by atoms with Gasteiger partial charge in [0.2, 0.25) is 15.9 Å². The van der Waals surface area contributed by atoms with Crippen LogP contribution in [0.5, 0.6) is 5.75 Å². The van der Waals surface area contributed by atoms with Gasteiger partial charge in [-0.1, -0.05) is 35.9 Å². The maximum absolute atomic E-state index is 12.2. The molecule has 0 bridgehead atoms. The Bertz CT molecular complexity index is 864. The van der Waals surface area contributed by atoms with Crippen LogP contribution in [0.2, 0.25) is 0 Å². The first-order valence-electron chi connectivity index (χ1n) is 8.73. The lowest BCUT2D eigenvalue weighted by atomic mass is 10.1. The molecule has 2 aromatic rings. The van der Waals surface area contributed by atoms with Crippen LogP contribution in [0.25, 0.3) is 0 Å². The average molecular weight is 391 g/mol. The fourth-order valence-corrected chi connectivity index (χ4v) is 3.48. The number of sulfonamides is 1. The van der Waals surface area contributed by atoms with Gasteiger partial charge in [-0.05, 0) is 37.5 Å². The van der Waals surface area contributed by atoms with Gasteiger partial charge < -0.3 is 10.1 Å². The zero-order valence-corrected chi connectivity index (χ0v) is 16.8. The van der Waals surface area contributed by atoms with E-state index in [1.807, 2.05) is 6.92 Å². The van der Waals surface area contributed by atoms with E-state index in [1.54, 1.807) is 24.3 Å². The minimum absolute atomic E-state index is 0.267. The fraction of sp³-hybridized carbons (Fsp3) is 0.350. The minimum Gasteiger partial charge on any atom is -0.497 e. The van der Waals surface area contributed by atoms with Crippen LogP contribution in [-0.4, -0.2) is 40.8 Å². The molecule has 6 nitrogen and oxygen atoms in total. The number of methoxy groups -OCH3 is 1. The van der Waals surface area contributed by atoms with E-state index < -0.39 is 10.0 Å². The van der Waals surface area contributed by atoms with Crippen LogP contribution in [0.3, 0.4) is 0 Å². The van der Waals surface area contributed by atoms with Crippen molar-refractivity contribution in [1.29, 1.82) is 0 Å². The predicted octanol–water partition coefficient (Wildman–Crippen LogP) is 2.52. The highest BCUT2D eigenvalue weighted by Gasteiger charge is 2.21. The molecule has 1 N–H and O–H groups in total. The molecular weight excluding hydrogens is 364 g/mol. The number of anilines is 1. The highest BCUT2D eigenvalue weighted by Crippen LogP contribution is 2.22. The van der Waals surface area contributed by atoms with E-state index in [4.69, 9.17) is 4.74 Å². The normalized spacial score (nSPS) is 11.1. The molecule has 27 heavy (non-hydrogen) atoms. The van der Waals surface area contributed by atoms with Gasteiger partial charge in [0.1, 0.15) is 12.3 Å². The molecule has 0 unspecified atom stereocenters. The van der Waals surface area contributed by atoms with Gasteiger partial charge in [0, 0.05) is 12.6 Å². The largest absolute Gasteiger partial charge is 0.497 e. The van der Waals surface area contributed by atoms with Gasteiger partial charge in [-0.15, -0.1) is 0 Å². The first-order valence-corrected chi connectivity index (χ1v) is 10.6. The summed E-state index contributed by atoms with van der Waals surface area (Å²) in [5, 5.41) is 2.79. The van der Waals surface area contributed by atoms with E-state index in [-0.39, 0.29) is 12.5 Å². The first-order chi connectivity index (χ1) is 12.8. The number of amides is 1. The van der Waals surface area contributed by atoms with Crippen molar-refractivity contribution in [2.45, 2.75) is 19.8 Å². The molecule has 0 saturated heterocycles. The summed E-state index contributed by atoms with van der Waals surface area (Å²) in [6.07, 6.45) is 2.72. The number of carbonyl (C=O) groups is 1. The van der Waals surface area contributed by atoms with E-state index in [9.17, 15) is 13.2 Å². The molecule has 1 amide bonds. The Balaban J connectivity index is 1.91. The molecular formula is C20H26N2O4S. The number of nitrogens with zero attached hydrogens (tertiary/aromatic N) is 1. The monoisotopic (exact) mass is 390 g/mol. The average Bonchev–Trinajstić information content (AvgIpc) is 2.64. The molecule has 0 heterocycles. The molecule has 7 heteroatoms. The fourth-order valence-electron chi connectivity index (χ4n) is 2.63. The van der Waals surface area contributed by atoms with Crippen LogP contribution in [0.15, 0.2) is 48.5 Å². The van der Waals surface area contributed by atoms with Crippen molar-refractivity contribution in [3.63, 3.8) is 0 Å². The van der Waals surface area contributed by atoms with Crippen molar-refractivity contribution in [3.05, 3.63) is 59.7 Å². The molecule has 146 valence electrons. The summed E-state index contributed by atoms with van der Waals surface area (Å²) in [7, 11) is -2.09. The van der Waals surface area contributed by atoms with Crippen LogP contribution in [-0.2, 0) is 21.2 Å². The van der Waals surface area contributed by atoms with Crippen LogP contribution in [0.1, 0.15) is 17.5 Å². The van der Waals surface area contributed by atoms with Crippen LogP contribution < -0.4 is 14.4 Å². The number of rotatable bonds is 9. The number of nitrogens with one attached hydrogen (secondary N) is 1. The van der Waals surface area contributed by atoms with Gasteiger partial charge in [0.05, 0.1) is 19.1 Å². The van der Waals surface area contributed by atoms with Gasteiger partial charge in [-0.25, -0.2) is 8.42 Å². The highest BCUT2D eigenvalue weighted by molar-refractivity contribution is 7.92. The molecule has 0 fully saturated rings. The van der Waals surface area contributed by atoms with Crippen molar-refractivity contribution in [1.82, 2.24) is 5.32 Å². The standard InChI is InChI=1S/C20H26N2O4S/c1-16-9-11-17(12-10-16)6-5-13-21-20(23)15-22(27(3,24)25)18-7-4-8-19(14-18)26-2/h4,7-12,14H,5-6,13,15H2,1-3H3,(H,21,23). The number of hydrogen-bond acceptors (Lipinski definition) is 4. The number of hydrogen-bond donors (Lipinski definition) is 1. The van der Waals surface area contributed by atoms with Crippen LogP contribution in [0, 0.1) is 6.92 Å². The maximum atomic E-state index is 12.2. The molecule has 0 saturated carbocycles. The lowest BCUT2D eigenvalue weighted by Gasteiger charge is -2.22. The van der Waals surface area contributed by atoms with Crippen molar-refractivity contribution >= 4 is 21.6 Å². The SMILES string of the molecule is COc1cccc(N(CC(=O)NCCCc2ccc(C)cc2)S(C)(=O)=O)c1. The summed E-state index contributed by atoms with van der Waals surface area (Å²) in [6.45, 7) is 2.26. The molecule has 0 spiro atoms. The Hall–Kier alpha value is -2.54. The maximum Gasteiger partial charge on any atom is 0.240 e. The lowest BCUT2D eigenvalue weighted by Crippen LogP contribution is -2.40. The first kappa shape index (κ1) is 20.8. The zero-order chi connectivity index (χ0) is 19.9. The second-order valence-corrected chi connectivity index (χ2v) is 8.32. The summed E-state index contributed by atoms with van der Waals surface area (Å²) in [6, 6.07) is 14.9. The van der Waals surface area contributed by atoms with E-state index in [1.165, 1.54) is 18.2 Å². The summed E-state index contributed by atoms with van der Waals surface area (Å²) in [5.41, 5.74) is 2.82. The Kier molecular flexibility index (Phi) is 7.24. The number of carbonyl (C=O) groups excluding carboxylic acids is 1. The van der Waals surface area contributed by atoms with E-state index in [0.29, 0.717) is 18.0 Å². The van der Waals surface area contributed by atoms with Gasteiger partial charge in [0.25, 0.3) is 0 Å². The second-order valence-electron chi connectivity index (χ2n) is 6.41. The zero-order valence-electron chi connectivity index (χ0n) is 15.9. The molecule has 0 radical (unpaired) electrons. The van der Waals surface area contributed by atoms with Crippen molar-refractivity contribution in [3.8, 4) is 5.75 Å². The summed E-state index contributed by atoms with van der Waals surface area (Å²) < 4.78 is 30.4. The van der Waals surface area contributed by atoms with E-state index in [0.717, 1.165) is 23.4 Å². The molecule has 2 aromatic carbocycles. The Labute approximate surface area is 161 Å². The number of benzene rings is 2. The molecule has 0 aliphatic carbocycles. The minimum atomic E-state index is -3.60. The second kappa shape index (κ2) is 9.41. The molecule has 0 atom stereocenters. The molecule has 2 rings (SSSR count). The molecule has 0 aliphatic heterocycles. The molecule has 0 aliphatic rings. The molecule has 0 aromatic heterocycles. The Morgan fingerprint density at radius 2 is 1.85 bits per heavy atom. The van der Waals surface area contributed by atoms with Gasteiger partial charge in [0.15, 0.2) is 0 Å². The Morgan fingerprint density at radius 1 is 1.15 bits per heavy atom. The van der Waals surface area contributed by atoms with Crippen LogP contribution >= 0.6 is 0 Å². The topological polar surface area (TPSA) is 75.7 Å². The number of ether oxygens (including phenoxy) is 1. The van der Waals surface area contributed by atoms with Crippen molar-refractivity contribution in [2.75, 3.05) is 30.8 Å². The van der Waals surface area contributed by atoms with Gasteiger partial charge in [-0.2, -0.15) is 0 Å². The number of aryl methyl sites for hydroxylation is 2. The van der Waals surface area contributed by atoms with Crippen molar-refractivity contribution < 1.29 is 17.9 Å². The third kappa shape index (κ3) is 6.60. The van der Waals surface area contributed by atoms with Gasteiger partial charge in [-0.3, -0.25) is 9.10 Å². The summed E-state index contributed by atoms with van der Waals surface area (Å²) in [5.74, 6) is 0.187. The third-order valence-electron chi connectivity index (χ3n) is 4.11. The summed E-state index contributed by atoms with van der Waals surface area (Å²) in [4.78, 5) is 12.2. The van der Waals surface area contributed by atoms with E-state index >= 15 is 0 Å². The lowest BCUT2D eigenvalue weighted by molar-refractivity contribution is -0.119. The van der Waals surface area contributed by atoms with Crippen LogP contribution in [0.4, 0.5) is 5.69 Å². The van der Waals surface area contributed by atoms with E-state index in [2.05, 4.69) is 29.6 Å². The highest BCUT2D eigenvalue weighted by atomic mass is 32.2.